The predicted octanol–water partition coefficient (Wildman–Crippen LogP) is 1.12. The standard InChI is InChI=1S/C13H26N2O2/c1-11(6-5-9-14)12(16)15(2)10-13(17)7-3-4-8-13/h11,17H,3-10,14H2,1-2H3. The van der Waals surface area contributed by atoms with E-state index >= 15 is 0 Å². The quantitative estimate of drug-likeness (QED) is 0.733. The Morgan fingerprint density at radius 3 is 2.59 bits per heavy atom. The van der Waals surface area contributed by atoms with Crippen LogP contribution in [0.4, 0.5) is 0 Å². The first kappa shape index (κ1) is 14.5. The highest BCUT2D eigenvalue weighted by Gasteiger charge is 2.34. The third-order valence-corrected chi connectivity index (χ3v) is 3.70. The molecule has 1 fully saturated rings. The summed E-state index contributed by atoms with van der Waals surface area (Å²) in [5.74, 6) is 0.132. The summed E-state index contributed by atoms with van der Waals surface area (Å²) in [6.45, 7) is 3.04. The zero-order valence-electron chi connectivity index (χ0n) is 11.1. The second kappa shape index (κ2) is 6.36. The molecule has 1 saturated carbocycles. The van der Waals surface area contributed by atoms with E-state index in [1.165, 1.54) is 0 Å². The van der Waals surface area contributed by atoms with E-state index in [-0.39, 0.29) is 11.8 Å². The Balaban J connectivity index is 2.40. The van der Waals surface area contributed by atoms with Crippen molar-refractivity contribution in [2.75, 3.05) is 20.1 Å². The SMILES string of the molecule is CC(CCCN)C(=O)N(C)CC1(O)CCCC1. The van der Waals surface area contributed by atoms with Crippen LogP contribution in [0.2, 0.25) is 0 Å². The number of likely N-dealkylation sites (N-methyl/N-ethyl adjacent to an activating group) is 1. The molecule has 0 aromatic heterocycles. The van der Waals surface area contributed by atoms with Crippen LogP contribution >= 0.6 is 0 Å². The van der Waals surface area contributed by atoms with Crippen molar-refractivity contribution in [1.82, 2.24) is 4.90 Å². The van der Waals surface area contributed by atoms with Gasteiger partial charge in [-0.2, -0.15) is 0 Å². The number of rotatable bonds is 6. The first-order valence-electron chi connectivity index (χ1n) is 6.66. The number of carbonyl (C=O) groups excluding carboxylic acids is 1. The normalized spacial score (nSPS) is 20.2. The minimum absolute atomic E-state index is 0.00792. The van der Waals surface area contributed by atoms with Crippen LogP contribution in [0, 0.1) is 5.92 Å². The van der Waals surface area contributed by atoms with Gasteiger partial charge in [0, 0.05) is 19.5 Å². The van der Waals surface area contributed by atoms with Gasteiger partial charge in [-0.1, -0.05) is 19.8 Å². The fourth-order valence-electron chi connectivity index (χ4n) is 2.63. The summed E-state index contributed by atoms with van der Waals surface area (Å²) < 4.78 is 0. The summed E-state index contributed by atoms with van der Waals surface area (Å²) in [6.07, 6.45) is 5.50. The highest BCUT2D eigenvalue weighted by atomic mass is 16.3. The lowest BCUT2D eigenvalue weighted by Crippen LogP contribution is -2.43. The molecule has 0 aromatic rings. The largest absolute Gasteiger partial charge is 0.388 e. The van der Waals surface area contributed by atoms with Crippen LogP contribution in [0.25, 0.3) is 0 Å². The first-order chi connectivity index (χ1) is 7.98. The molecule has 0 aliphatic heterocycles. The highest BCUT2D eigenvalue weighted by molar-refractivity contribution is 5.78. The monoisotopic (exact) mass is 242 g/mol. The second-order valence-corrected chi connectivity index (χ2v) is 5.46. The van der Waals surface area contributed by atoms with Gasteiger partial charge in [-0.25, -0.2) is 0 Å². The topological polar surface area (TPSA) is 66.6 Å². The van der Waals surface area contributed by atoms with Crippen LogP contribution in [-0.4, -0.2) is 41.7 Å². The lowest BCUT2D eigenvalue weighted by Gasteiger charge is -2.30. The van der Waals surface area contributed by atoms with Crippen LogP contribution in [0.5, 0.6) is 0 Å². The van der Waals surface area contributed by atoms with Crippen molar-refractivity contribution in [3.8, 4) is 0 Å². The molecule has 1 aliphatic rings. The van der Waals surface area contributed by atoms with Crippen LogP contribution in [-0.2, 0) is 4.79 Å². The molecule has 100 valence electrons. The van der Waals surface area contributed by atoms with Gasteiger partial charge in [0.1, 0.15) is 0 Å². The summed E-state index contributed by atoms with van der Waals surface area (Å²) in [5, 5.41) is 10.3. The van der Waals surface area contributed by atoms with E-state index in [4.69, 9.17) is 5.73 Å². The second-order valence-electron chi connectivity index (χ2n) is 5.46. The third kappa shape index (κ3) is 4.28. The first-order valence-corrected chi connectivity index (χ1v) is 6.66. The molecule has 0 spiro atoms. The van der Waals surface area contributed by atoms with Gasteiger partial charge in [-0.3, -0.25) is 4.79 Å². The third-order valence-electron chi connectivity index (χ3n) is 3.70. The average molecular weight is 242 g/mol. The number of hydrogen-bond acceptors (Lipinski definition) is 3. The Hall–Kier alpha value is -0.610. The molecule has 1 rings (SSSR count). The Bertz CT molecular complexity index is 250. The van der Waals surface area contributed by atoms with E-state index in [0.717, 1.165) is 38.5 Å². The van der Waals surface area contributed by atoms with Gasteiger partial charge in [-0.15, -0.1) is 0 Å². The number of aliphatic hydroxyl groups is 1. The number of nitrogens with zero attached hydrogens (tertiary/aromatic N) is 1. The van der Waals surface area contributed by atoms with Crippen molar-refractivity contribution < 1.29 is 9.90 Å². The summed E-state index contributed by atoms with van der Waals surface area (Å²) in [6, 6.07) is 0. The van der Waals surface area contributed by atoms with E-state index < -0.39 is 5.60 Å². The summed E-state index contributed by atoms with van der Waals surface area (Å²) in [4.78, 5) is 13.7. The molecule has 3 N–H and O–H groups in total. The van der Waals surface area contributed by atoms with E-state index in [1.807, 2.05) is 6.92 Å². The van der Waals surface area contributed by atoms with E-state index in [0.29, 0.717) is 13.1 Å². The average Bonchev–Trinajstić information content (AvgIpc) is 2.71. The Morgan fingerprint density at radius 2 is 2.06 bits per heavy atom. The molecule has 4 nitrogen and oxygen atoms in total. The predicted molar refractivity (Wildman–Crippen MR) is 68.5 cm³/mol. The highest BCUT2D eigenvalue weighted by Crippen LogP contribution is 2.30. The summed E-state index contributed by atoms with van der Waals surface area (Å²) >= 11 is 0. The van der Waals surface area contributed by atoms with Crippen molar-refractivity contribution in [2.24, 2.45) is 11.7 Å². The van der Waals surface area contributed by atoms with E-state index in [1.54, 1.807) is 11.9 Å². The molecule has 0 heterocycles. The molecule has 0 radical (unpaired) electrons. The molecular weight excluding hydrogens is 216 g/mol. The van der Waals surface area contributed by atoms with Gasteiger partial charge in [0.25, 0.3) is 0 Å². The Kier molecular flexibility index (Phi) is 5.40. The molecule has 1 atom stereocenters. The zero-order valence-corrected chi connectivity index (χ0v) is 11.1. The summed E-state index contributed by atoms with van der Waals surface area (Å²) in [7, 11) is 1.79. The molecule has 4 heteroatoms. The lowest BCUT2D eigenvalue weighted by atomic mass is 9.99. The minimum atomic E-state index is -0.641. The Labute approximate surface area is 104 Å². The molecule has 1 aliphatic carbocycles. The summed E-state index contributed by atoms with van der Waals surface area (Å²) in [5.41, 5.74) is 4.80. The van der Waals surface area contributed by atoms with Crippen molar-refractivity contribution in [2.45, 2.75) is 51.0 Å². The molecule has 1 amide bonds. The fourth-order valence-corrected chi connectivity index (χ4v) is 2.63. The fraction of sp³-hybridized carbons (Fsp3) is 0.923. The molecule has 1 unspecified atom stereocenters. The maximum absolute atomic E-state index is 12.1. The molecular formula is C13H26N2O2. The maximum atomic E-state index is 12.1. The van der Waals surface area contributed by atoms with E-state index in [9.17, 15) is 9.90 Å². The molecule has 0 aromatic carbocycles. The number of nitrogens with two attached hydrogens (primary N) is 1. The maximum Gasteiger partial charge on any atom is 0.225 e. The van der Waals surface area contributed by atoms with Crippen LogP contribution < -0.4 is 5.73 Å². The number of amides is 1. The number of carbonyl (C=O) groups is 1. The zero-order chi connectivity index (χ0) is 12.9. The molecule has 17 heavy (non-hydrogen) atoms. The number of hydrogen-bond donors (Lipinski definition) is 2. The van der Waals surface area contributed by atoms with Gasteiger partial charge in [-0.05, 0) is 32.2 Å². The van der Waals surface area contributed by atoms with Gasteiger partial charge in [0.2, 0.25) is 5.91 Å². The van der Waals surface area contributed by atoms with E-state index in [2.05, 4.69) is 0 Å². The minimum Gasteiger partial charge on any atom is -0.388 e. The molecule has 0 saturated heterocycles. The van der Waals surface area contributed by atoms with Crippen molar-refractivity contribution >= 4 is 5.91 Å². The smallest absolute Gasteiger partial charge is 0.225 e. The Morgan fingerprint density at radius 1 is 1.47 bits per heavy atom. The van der Waals surface area contributed by atoms with Crippen molar-refractivity contribution in [3.63, 3.8) is 0 Å². The lowest BCUT2D eigenvalue weighted by molar-refractivity contribution is -0.137. The van der Waals surface area contributed by atoms with Crippen LogP contribution in [0.3, 0.4) is 0 Å². The molecule has 0 bridgehead atoms. The van der Waals surface area contributed by atoms with Crippen molar-refractivity contribution in [1.29, 1.82) is 0 Å². The van der Waals surface area contributed by atoms with Crippen molar-refractivity contribution in [3.05, 3.63) is 0 Å². The van der Waals surface area contributed by atoms with Crippen LogP contribution in [0.1, 0.15) is 45.4 Å². The van der Waals surface area contributed by atoms with Crippen LogP contribution in [0.15, 0.2) is 0 Å². The van der Waals surface area contributed by atoms with Gasteiger partial charge < -0.3 is 15.7 Å². The van der Waals surface area contributed by atoms with Gasteiger partial charge in [0.15, 0.2) is 0 Å². The van der Waals surface area contributed by atoms with Gasteiger partial charge >= 0.3 is 0 Å². The van der Waals surface area contributed by atoms with Gasteiger partial charge in [0.05, 0.1) is 5.60 Å².